The number of nitrogens with zero attached hydrogens (tertiary/aromatic N) is 3. The molecule has 2 aromatic rings. The van der Waals surface area contributed by atoms with Crippen molar-refractivity contribution < 1.29 is 14.3 Å². The van der Waals surface area contributed by atoms with Gasteiger partial charge in [0.2, 0.25) is 0 Å². The van der Waals surface area contributed by atoms with Crippen molar-refractivity contribution in [3.8, 4) is 11.5 Å². The van der Waals surface area contributed by atoms with Crippen molar-refractivity contribution >= 4 is 17.5 Å². The number of rotatable bonds is 7. The number of halogens is 1. The molecule has 3 rings (SSSR count). The van der Waals surface area contributed by atoms with Gasteiger partial charge in [0.1, 0.15) is 0 Å². The number of methoxy groups -OCH3 is 1. The molecule has 1 aliphatic rings. The summed E-state index contributed by atoms with van der Waals surface area (Å²) < 4.78 is 12.6. The smallest absolute Gasteiger partial charge is 0.273 e. The Morgan fingerprint density at radius 2 is 2.19 bits per heavy atom. The van der Waals surface area contributed by atoms with Gasteiger partial charge in [-0.15, -0.1) is 5.10 Å². The molecule has 2 heterocycles. The van der Waals surface area contributed by atoms with E-state index in [4.69, 9.17) is 21.1 Å². The summed E-state index contributed by atoms with van der Waals surface area (Å²) in [5.74, 6) is 0.756. The van der Waals surface area contributed by atoms with E-state index in [1.54, 1.807) is 30.1 Å². The summed E-state index contributed by atoms with van der Waals surface area (Å²) in [6, 6.07) is 3.83. The van der Waals surface area contributed by atoms with Crippen LogP contribution in [0.4, 0.5) is 0 Å². The molecule has 0 bridgehead atoms. The van der Waals surface area contributed by atoms with Crippen LogP contribution in [0.15, 0.2) is 18.3 Å². The van der Waals surface area contributed by atoms with Gasteiger partial charge in [-0.25, -0.2) is 4.68 Å². The van der Waals surface area contributed by atoms with Crippen LogP contribution in [0.3, 0.4) is 0 Å². The van der Waals surface area contributed by atoms with Crippen molar-refractivity contribution in [2.24, 2.45) is 0 Å². The van der Waals surface area contributed by atoms with Crippen LogP contribution < -0.4 is 20.1 Å². The summed E-state index contributed by atoms with van der Waals surface area (Å²) in [5, 5.41) is 14.7. The highest BCUT2D eigenvalue weighted by atomic mass is 35.5. The summed E-state index contributed by atoms with van der Waals surface area (Å²) >= 11 is 6.27. The fourth-order valence-electron chi connectivity index (χ4n) is 3.06. The zero-order chi connectivity index (χ0) is 19.2. The Balaban J connectivity index is 1.63. The highest BCUT2D eigenvalue weighted by Crippen LogP contribution is 2.36. The largest absolute Gasteiger partial charge is 0.493 e. The summed E-state index contributed by atoms with van der Waals surface area (Å²) in [6.45, 7) is 4.56. The molecule has 0 saturated carbocycles. The Kier molecular flexibility index (Phi) is 6.52. The van der Waals surface area contributed by atoms with Crippen molar-refractivity contribution in [1.82, 2.24) is 25.6 Å². The molecule has 0 aliphatic carbocycles. The van der Waals surface area contributed by atoms with E-state index < -0.39 is 0 Å². The van der Waals surface area contributed by atoms with Crippen molar-refractivity contribution in [3.05, 3.63) is 34.6 Å². The van der Waals surface area contributed by atoms with Gasteiger partial charge in [0, 0.05) is 6.54 Å². The third-order valence-corrected chi connectivity index (χ3v) is 4.74. The number of piperidine rings is 1. The number of carbonyl (C=O) groups excluding carboxylic acids is 1. The summed E-state index contributed by atoms with van der Waals surface area (Å²) in [7, 11) is 1.55. The van der Waals surface area contributed by atoms with Crippen LogP contribution in [0.5, 0.6) is 11.5 Å². The lowest BCUT2D eigenvalue weighted by Gasteiger charge is -2.22. The van der Waals surface area contributed by atoms with Crippen LogP contribution in [0.25, 0.3) is 0 Å². The van der Waals surface area contributed by atoms with Gasteiger partial charge in [0.15, 0.2) is 17.2 Å². The minimum Gasteiger partial charge on any atom is -0.493 e. The molecule has 9 heteroatoms. The third kappa shape index (κ3) is 4.70. The summed E-state index contributed by atoms with van der Waals surface area (Å²) in [6.07, 6.45) is 3.67. The highest BCUT2D eigenvalue weighted by Gasteiger charge is 2.19. The fourth-order valence-corrected chi connectivity index (χ4v) is 3.35. The van der Waals surface area contributed by atoms with Crippen LogP contribution >= 0.6 is 11.6 Å². The van der Waals surface area contributed by atoms with E-state index in [0.717, 1.165) is 31.5 Å². The predicted molar refractivity (Wildman–Crippen MR) is 102 cm³/mol. The lowest BCUT2D eigenvalue weighted by molar-refractivity contribution is 0.0945. The number of ether oxygens (including phenoxy) is 2. The zero-order valence-corrected chi connectivity index (χ0v) is 16.3. The molecule has 1 saturated heterocycles. The molecule has 1 aromatic heterocycles. The second kappa shape index (κ2) is 9.05. The fraction of sp³-hybridized carbons (Fsp3) is 0.500. The van der Waals surface area contributed by atoms with Crippen LogP contribution in [0.2, 0.25) is 5.02 Å². The molecule has 0 radical (unpaired) electrons. The summed E-state index contributed by atoms with van der Waals surface area (Å²) in [4.78, 5) is 12.4. The number of aromatic nitrogens is 3. The molecule has 1 aliphatic heterocycles. The molecule has 0 unspecified atom stereocenters. The lowest BCUT2D eigenvalue weighted by Crippen LogP contribution is -2.29. The van der Waals surface area contributed by atoms with Gasteiger partial charge in [-0.1, -0.05) is 16.8 Å². The molecule has 0 spiro atoms. The molecule has 1 amide bonds. The van der Waals surface area contributed by atoms with Crippen molar-refractivity contribution in [2.75, 3.05) is 26.8 Å². The SMILES string of the molecule is CCOc1c(Cl)cc(CNC(=O)c2cn(C3CCNCC3)nn2)cc1OC. The van der Waals surface area contributed by atoms with Gasteiger partial charge in [-0.05, 0) is 50.6 Å². The third-order valence-electron chi connectivity index (χ3n) is 4.46. The minimum absolute atomic E-state index is 0.279. The van der Waals surface area contributed by atoms with E-state index >= 15 is 0 Å². The number of hydrogen-bond acceptors (Lipinski definition) is 6. The molecule has 8 nitrogen and oxygen atoms in total. The number of amides is 1. The van der Waals surface area contributed by atoms with Crippen molar-refractivity contribution in [3.63, 3.8) is 0 Å². The van der Waals surface area contributed by atoms with E-state index in [1.165, 1.54) is 0 Å². The standard InChI is InChI=1S/C18H24ClN5O3/c1-3-27-17-14(19)8-12(9-16(17)26-2)10-21-18(25)15-11-24(23-22-15)13-4-6-20-7-5-13/h8-9,11,13,20H,3-7,10H2,1-2H3,(H,21,25). The zero-order valence-electron chi connectivity index (χ0n) is 15.5. The Labute approximate surface area is 163 Å². The molecular formula is C18H24ClN5O3. The number of carbonyl (C=O) groups is 1. The van der Waals surface area contributed by atoms with E-state index in [-0.39, 0.29) is 11.9 Å². The van der Waals surface area contributed by atoms with E-state index in [1.807, 2.05) is 6.92 Å². The Hall–Kier alpha value is -2.32. The molecule has 0 atom stereocenters. The van der Waals surface area contributed by atoms with Gasteiger partial charge in [0.25, 0.3) is 5.91 Å². The lowest BCUT2D eigenvalue weighted by atomic mass is 10.1. The first-order chi connectivity index (χ1) is 13.1. The first-order valence-electron chi connectivity index (χ1n) is 9.02. The normalized spacial score (nSPS) is 14.8. The van der Waals surface area contributed by atoms with Gasteiger partial charge >= 0.3 is 0 Å². The molecule has 27 heavy (non-hydrogen) atoms. The Morgan fingerprint density at radius 1 is 1.41 bits per heavy atom. The number of nitrogens with one attached hydrogen (secondary N) is 2. The van der Waals surface area contributed by atoms with E-state index in [9.17, 15) is 4.79 Å². The first kappa shape index (κ1) is 19.4. The highest BCUT2D eigenvalue weighted by molar-refractivity contribution is 6.32. The Morgan fingerprint density at radius 3 is 2.89 bits per heavy atom. The average Bonchev–Trinajstić information content (AvgIpc) is 3.19. The predicted octanol–water partition coefficient (Wildman–Crippen LogP) is 2.19. The average molecular weight is 394 g/mol. The molecule has 1 fully saturated rings. The number of hydrogen-bond donors (Lipinski definition) is 2. The van der Waals surface area contributed by atoms with Crippen LogP contribution in [-0.4, -0.2) is 47.7 Å². The first-order valence-corrected chi connectivity index (χ1v) is 9.40. The molecular weight excluding hydrogens is 370 g/mol. The van der Waals surface area contributed by atoms with E-state index in [0.29, 0.717) is 35.4 Å². The summed E-state index contributed by atoms with van der Waals surface area (Å²) in [5.41, 5.74) is 1.11. The quantitative estimate of drug-likeness (QED) is 0.749. The van der Waals surface area contributed by atoms with E-state index in [2.05, 4.69) is 20.9 Å². The van der Waals surface area contributed by atoms with Crippen LogP contribution in [0.1, 0.15) is 41.9 Å². The topological polar surface area (TPSA) is 90.3 Å². The van der Waals surface area contributed by atoms with Crippen LogP contribution in [-0.2, 0) is 6.54 Å². The van der Waals surface area contributed by atoms with Gasteiger partial charge < -0.3 is 20.1 Å². The molecule has 2 N–H and O–H groups in total. The van der Waals surface area contributed by atoms with Crippen LogP contribution in [0, 0.1) is 0 Å². The van der Waals surface area contributed by atoms with Gasteiger partial charge in [-0.2, -0.15) is 0 Å². The monoisotopic (exact) mass is 393 g/mol. The van der Waals surface area contributed by atoms with Gasteiger partial charge in [-0.3, -0.25) is 4.79 Å². The van der Waals surface area contributed by atoms with Gasteiger partial charge in [0.05, 0.1) is 31.0 Å². The van der Waals surface area contributed by atoms with Crippen molar-refractivity contribution in [1.29, 1.82) is 0 Å². The maximum Gasteiger partial charge on any atom is 0.273 e. The second-order valence-electron chi connectivity index (χ2n) is 6.29. The minimum atomic E-state index is -0.279. The second-order valence-corrected chi connectivity index (χ2v) is 6.70. The Bertz CT molecular complexity index is 789. The molecule has 1 aromatic carbocycles. The number of benzene rings is 1. The molecule has 146 valence electrons. The maximum absolute atomic E-state index is 12.4. The van der Waals surface area contributed by atoms with Crippen molar-refractivity contribution in [2.45, 2.75) is 32.4 Å². The maximum atomic E-state index is 12.4.